The van der Waals surface area contributed by atoms with Crippen LogP contribution < -0.4 is 10.1 Å². The standard InChI is InChI=1S/C18H24N6O4S2.ClH/c1-10-15(11(2)24(3)22-10)28-14-7-12(29-6-5-27-4)8-19-17(14)21-18-20-16(23-30-18)13(26)9-25;/h7-8,13,25-26H,5-6,9H2,1-4H3,(H,19,20,21,23);1H/t13-;/m1./s1. The molecular weight excluding hydrogens is 464 g/mol. The average Bonchev–Trinajstić information content (AvgIpc) is 3.29. The minimum Gasteiger partial charge on any atom is -0.450 e. The highest BCUT2D eigenvalue weighted by Gasteiger charge is 2.18. The fourth-order valence-electron chi connectivity index (χ4n) is 2.54. The van der Waals surface area contributed by atoms with E-state index in [1.165, 1.54) is 0 Å². The average molecular weight is 489 g/mol. The highest BCUT2D eigenvalue weighted by molar-refractivity contribution is 7.99. The summed E-state index contributed by atoms with van der Waals surface area (Å²) in [5.74, 6) is 2.56. The van der Waals surface area contributed by atoms with Crippen molar-refractivity contribution in [3.63, 3.8) is 0 Å². The molecule has 0 aliphatic rings. The Morgan fingerprint density at radius 1 is 1.35 bits per heavy atom. The van der Waals surface area contributed by atoms with Gasteiger partial charge in [-0.15, -0.1) is 24.2 Å². The molecule has 0 bridgehead atoms. The van der Waals surface area contributed by atoms with Crippen LogP contribution in [0.2, 0.25) is 0 Å². The van der Waals surface area contributed by atoms with Crippen LogP contribution in [0.25, 0.3) is 0 Å². The molecule has 170 valence electrons. The van der Waals surface area contributed by atoms with E-state index in [-0.39, 0.29) is 18.2 Å². The zero-order chi connectivity index (χ0) is 21.7. The molecule has 3 aromatic heterocycles. The number of hydrogen-bond acceptors (Lipinski definition) is 11. The molecule has 0 aromatic carbocycles. The molecule has 0 unspecified atom stereocenters. The van der Waals surface area contributed by atoms with Crippen LogP contribution in [0, 0.1) is 13.8 Å². The zero-order valence-corrected chi connectivity index (χ0v) is 20.0. The first-order valence-corrected chi connectivity index (χ1v) is 10.9. The van der Waals surface area contributed by atoms with Crippen molar-refractivity contribution in [2.24, 2.45) is 7.05 Å². The summed E-state index contributed by atoms with van der Waals surface area (Å²) in [5, 5.41) is 26.7. The highest BCUT2D eigenvalue weighted by Crippen LogP contribution is 2.36. The van der Waals surface area contributed by atoms with Gasteiger partial charge >= 0.3 is 0 Å². The summed E-state index contributed by atoms with van der Waals surface area (Å²) in [7, 11) is 3.53. The van der Waals surface area contributed by atoms with Crippen molar-refractivity contribution in [1.29, 1.82) is 0 Å². The lowest BCUT2D eigenvalue weighted by Gasteiger charge is -2.12. The summed E-state index contributed by atoms with van der Waals surface area (Å²) < 4.78 is 17.1. The Bertz CT molecular complexity index is 1000. The quantitative estimate of drug-likeness (QED) is 0.289. The van der Waals surface area contributed by atoms with Gasteiger partial charge in [0.05, 0.1) is 18.9 Å². The van der Waals surface area contributed by atoms with Crippen molar-refractivity contribution < 1.29 is 19.7 Å². The molecule has 0 spiro atoms. The summed E-state index contributed by atoms with van der Waals surface area (Å²) in [6.07, 6.45) is 0.615. The number of ether oxygens (including phenoxy) is 2. The molecule has 0 saturated carbocycles. The molecule has 31 heavy (non-hydrogen) atoms. The molecule has 0 amide bonds. The molecule has 0 aliphatic carbocycles. The second kappa shape index (κ2) is 11.6. The maximum Gasteiger partial charge on any atom is 0.208 e. The SMILES string of the molecule is COCCSc1cnc(Nc2nc([C@H](O)CO)ns2)c(Oc2c(C)nn(C)c2C)c1.Cl. The molecular formula is C18H25ClN6O4S2. The molecule has 10 nitrogen and oxygen atoms in total. The molecule has 1 atom stereocenters. The minimum absolute atomic E-state index is 0. The Balaban J connectivity index is 0.00000341. The maximum atomic E-state index is 9.70. The van der Waals surface area contributed by atoms with Crippen LogP contribution in [0.4, 0.5) is 10.9 Å². The third kappa shape index (κ3) is 6.28. The number of aryl methyl sites for hydroxylation is 2. The Labute approximate surface area is 194 Å². The molecule has 0 saturated heterocycles. The first-order valence-electron chi connectivity index (χ1n) is 9.12. The topological polar surface area (TPSA) is 127 Å². The molecule has 3 heterocycles. The maximum absolute atomic E-state index is 9.70. The van der Waals surface area contributed by atoms with Crippen LogP contribution in [-0.4, -0.2) is 60.4 Å². The number of anilines is 2. The lowest BCUT2D eigenvalue weighted by molar-refractivity contribution is 0.0897. The van der Waals surface area contributed by atoms with E-state index in [4.69, 9.17) is 14.6 Å². The van der Waals surface area contributed by atoms with Gasteiger partial charge in [0.25, 0.3) is 0 Å². The Morgan fingerprint density at radius 3 is 2.77 bits per heavy atom. The van der Waals surface area contributed by atoms with Gasteiger partial charge in [-0.3, -0.25) is 4.68 Å². The van der Waals surface area contributed by atoms with E-state index in [2.05, 4.69) is 24.8 Å². The van der Waals surface area contributed by atoms with Crippen LogP contribution >= 0.6 is 35.7 Å². The van der Waals surface area contributed by atoms with Gasteiger partial charge in [0.15, 0.2) is 23.1 Å². The van der Waals surface area contributed by atoms with Gasteiger partial charge < -0.3 is 25.0 Å². The van der Waals surface area contributed by atoms with Crippen molar-refractivity contribution in [3.05, 3.63) is 29.5 Å². The first-order chi connectivity index (χ1) is 14.4. The molecule has 3 aromatic rings. The fourth-order valence-corrected chi connectivity index (χ4v) is 3.96. The monoisotopic (exact) mass is 488 g/mol. The fraction of sp³-hybridized carbons (Fsp3) is 0.444. The second-order valence-electron chi connectivity index (χ2n) is 6.37. The van der Waals surface area contributed by atoms with Crippen LogP contribution in [0.5, 0.6) is 11.5 Å². The second-order valence-corrected chi connectivity index (χ2v) is 8.29. The zero-order valence-electron chi connectivity index (χ0n) is 17.5. The van der Waals surface area contributed by atoms with Crippen molar-refractivity contribution in [2.75, 3.05) is 31.4 Å². The molecule has 3 rings (SSSR count). The van der Waals surface area contributed by atoms with Gasteiger partial charge in [-0.2, -0.15) is 9.47 Å². The van der Waals surface area contributed by atoms with Crippen LogP contribution in [0.3, 0.4) is 0 Å². The number of hydrogen-bond donors (Lipinski definition) is 3. The number of methoxy groups -OCH3 is 1. The number of pyridine rings is 1. The minimum atomic E-state index is -1.12. The van der Waals surface area contributed by atoms with Crippen LogP contribution in [-0.2, 0) is 11.8 Å². The Hall–Kier alpha value is -1.96. The lowest BCUT2D eigenvalue weighted by Crippen LogP contribution is -2.04. The van der Waals surface area contributed by atoms with Crippen molar-refractivity contribution >= 4 is 46.7 Å². The van der Waals surface area contributed by atoms with E-state index in [0.717, 1.165) is 33.6 Å². The van der Waals surface area contributed by atoms with Gasteiger partial charge in [-0.05, 0) is 19.9 Å². The van der Waals surface area contributed by atoms with Gasteiger partial charge in [0.2, 0.25) is 5.13 Å². The molecule has 0 fully saturated rings. The normalized spacial score (nSPS) is 11.8. The van der Waals surface area contributed by atoms with E-state index in [9.17, 15) is 5.11 Å². The van der Waals surface area contributed by atoms with Crippen LogP contribution in [0.1, 0.15) is 23.3 Å². The number of nitrogens with one attached hydrogen (secondary N) is 1. The molecule has 3 N–H and O–H groups in total. The van der Waals surface area contributed by atoms with Gasteiger partial charge in [-0.1, -0.05) is 0 Å². The number of aliphatic hydroxyl groups is 2. The summed E-state index contributed by atoms with van der Waals surface area (Å²) in [4.78, 5) is 9.62. The van der Waals surface area contributed by atoms with Gasteiger partial charge in [0, 0.05) is 42.5 Å². The number of thioether (sulfide) groups is 1. The van der Waals surface area contributed by atoms with Crippen LogP contribution in [0.15, 0.2) is 17.2 Å². The first kappa shape index (κ1) is 25.3. The molecule has 13 heteroatoms. The van der Waals surface area contributed by atoms with E-state index in [1.807, 2.05) is 27.0 Å². The van der Waals surface area contributed by atoms with E-state index in [0.29, 0.717) is 29.1 Å². The third-order valence-corrected chi connectivity index (χ3v) is 5.75. The number of nitrogens with zero attached hydrogens (tertiary/aromatic N) is 5. The van der Waals surface area contributed by atoms with Crippen molar-refractivity contribution in [3.8, 4) is 11.5 Å². The summed E-state index contributed by atoms with van der Waals surface area (Å²) in [6, 6.07) is 1.89. The molecule has 0 radical (unpaired) electrons. The number of rotatable bonds is 10. The number of aromatic nitrogens is 5. The van der Waals surface area contributed by atoms with E-state index >= 15 is 0 Å². The summed E-state index contributed by atoms with van der Waals surface area (Å²) in [6.45, 7) is 3.99. The predicted molar refractivity (Wildman–Crippen MR) is 122 cm³/mol. The highest BCUT2D eigenvalue weighted by atomic mass is 35.5. The number of halogens is 1. The van der Waals surface area contributed by atoms with Gasteiger partial charge in [-0.25, -0.2) is 9.97 Å². The Kier molecular flexibility index (Phi) is 9.47. The lowest BCUT2D eigenvalue weighted by atomic mass is 10.3. The third-order valence-electron chi connectivity index (χ3n) is 4.18. The smallest absolute Gasteiger partial charge is 0.208 e. The van der Waals surface area contributed by atoms with Crippen molar-refractivity contribution in [1.82, 2.24) is 24.1 Å². The largest absolute Gasteiger partial charge is 0.450 e. The number of aliphatic hydroxyl groups excluding tert-OH is 2. The van der Waals surface area contributed by atoms with E-state index < -0.39 is 12.7 Å². The molecule has 0 aliphatic heterocycles. The summed E-state index contributed by atoms with van der Waals surface area (Å²) >= 11 is 2.66. The Morgan fingerprint density at radius 2 is 2.13 bits per heavy atom. The van der Waals surface area contributed by atoms with Gasteiger partial charge in [0.1, 0.15) is 11.8 Å². The summed E-state index contributed by atoms with van der Waals surface area (Å²) in [5.41, 5.74) is 1.66. The van der Waals surface area contributed by atoms with Crippen molar-refractivity contribution in [2.45, 2.75) is 24.8 Å². The predicted octanol–water partition coefficient (Wildman–Crippen LogP) is 3.01. The van der Waals surface area contributed by atoms with E-state index in [1.54, 1.807) is 29.8 Å².